The molecule has 1 amide bonds. The molecule has 0 spiro atoms. The van der Waals surface area contributed by atoms with E-state index < -0.39 is 6.10 Å². The van der Waals surface area contributed by atoms with Gasteiger partial charge >= 0.3 is 0 Å². The zero-order valence-corrected chi connectivity index (χ0v) is 12.9. The Hall–Kier alpha value is -1.39. The van der Waals surface area contributed by atoms with Crippen molar-refractivity contribution in [3.8, 4) is 0 Å². The average Bonchev–Trinajstić information content (AvgIpc) is 2.41. The molecule has 0 aliphatic carbocycles. The maximum atomic E-state index is 12.1. The van der Waals surface area contributed by atoms with Crippen LogP contribution in [0, 0.1) is 6.92 Å². The van der Waals surface area contributed by atoms with Crippen molar-refractivity contribution < 1.29 is 9.90 Å². The van der Waals surface area contributed by atoms with E-state index in [4.69, 9.17) is 0 Å². The van der Waals surface area contributed by atoms with E-state index in [1.54, 1.807) is 0 Å². The fraction of sp³-hybridized carbons (Fsp3) is 0.562. The average molecular weight is 278 g/mol. The van der Waals surface area contributed by atoms with Gasteiger partial charge < -0.3 is 10.4 Å². The lowest BCUT2D eigenvalue weighted by Gasteiger charge is -2.23. The van der Waals surface area contributed by atoms with Crippen molar-refractivity contribution in [2.45, 2.75) is 38.8 Å². The molecule has 1 aromatic carbocycles. The van der Waals surface area contributed by atoms with Crippen molar-refractivity contribution in [3.63, 3.8) is 0 Å². The lowest BCUT2D eigenvalue weighted by molar-refractivity contribution is -0.126. The Kier molecular flexibility index (Phi) is 6.68. The van der Waals surface area contributed by atoms with E-state index in [1.807, 2.05) is 50.2 Å². The number of carbonyl (C=O) groups is 1. The number of nitrogens with one attached hydrogen (secondary N) is 1. The minimum Gasteiger partial charge on any atom is -0.387 e. The van der Waals surface area contributed by atoms with Crippen LogP contribution in [0.25, 0.3) is 0 Å². The minimum absolute atomic E-state index is 0.0245. The molecule has 0 aliphatic heterocycles. The van der Waals surface area contributed by atoms with Crippen molar-refractivity contribution >= 4 is 5.91 Å². The van der Waals surface area contributed by atoms with Gasteiger partial charge in [0.05, 0.1) is 12.1 Å². The van der Waals surface area contributed by atoms with E-state index in [2.05, 4.69) is 12.2 Å². The van der Waals surface area contributed by atoms with Gasteiger partial charge in [-0.05, 0) is 33.0 Å². The number of rotatable bonds is 7. The zero-order valence-electron chi connectivity index (χ0n) is 12.9. The number of benzene rings is 1. The summed E-state index contributed by atoms with van der Waals surface area (Å²) in [6.45, 7) is 4.29. The van der Waals surface area contributed by atoms with E-state index in [9.17, 15) is 9.90 Å². The van der Waals surface area contributed by atoms with Gasteiger partial charge in [0.25, 0.3) is 0 Å². The first-order chi connectivity index (χ1) is 9.45. The smallest absolute Gasteiger partial charge is 0.237 e. The second kappa shape index (κ2) is 8.02. The Morgan fingerprint density at radius 3 is 2.65 bits per heavy atom. The quantitative estimate of drug-likeness (QED) is 0.800. The predicted octanol–water partition coefficient (Wildman–Crippen LogP) is 1.87. The maximum Gasteiger partial charge on any atom is 0.237 e. The topological polar surface area (TPSA) is 52.6 Å². The van der Waals surface area contributed by atoms with Gasteiger partial charge in [-0.3, -0.25) is 9.69 Å². The largest absolute Gasteiger partial charge is 0.387 e. The zero-order chi connectivity index (χ0) is 15.1. The van der Waals surface area contributed by atoms with E-state index >= 15 is 0 Å². The SMILES string of the molecule is CCCC(C(=O)NCC(O)c1cccc(C)c1)N(C)C. The third-order valence-corrected chi connectivity index (χ3v) is 3.38. The molecule has 0 bridgehead atoms. The number of aryl methyl sites for hydroxylation is 1. The molecule has 0 heterocycles. The molecule has 1 rings (SSSR count). The standard InChI is InChI=1S/C16H26N2O2/c1-5-7-14(18(3)4)16(20)17-11-15(19)13-9-6-8-12(2)10-13/h6,8-10,14-15,19H,5,7,11H2,1-4H3,(H,17,20). The van der Waals surface area contributed by atoms with E-state index in [1.165, 1.54) is 0 Å². The summed E-state index contributed by atoms with van der Waals surface area (Å²) >= 11 is 0. The van der Waals surface area contributed by atoms with Crippen molar-refractivity contribution in [2.24, 2.45) is 0 Å². The van der Waals surface area contributed by atoms with Gasteiger partial charge in [0.15, 0.2) is 0 Å². The maximum absolute atomic E-state index is 12.1. The number of hydrogen-bond donors (Lipinski definition) is 2. The van der Waals surface area contributed by atoms with Crippen LogP contribution in [0.3, 0.4) is 0 Å². The molecule has 2 N–H and O–H groups in total. The van der Waals surface area contributed by atoms with Crippen LogP contribution in [0.4, 0.5) is 0 Å². The molecule has 112 valence electrons. The molecule has 4 nitrogen and oxygen atoms in total. The van der Waals surface area contributed by atoms with Crippen molar-refractivity contribution in [3.05, 3.63) is 35.4 Å². The van der Waals surface area contributed by atoms with Crippen LogP contribution < -0.4 is 5.32 Å². The molecule has 0 aromatic heterocycles. The third-order valence-electron chi connectivity index (χ3n) is 3.38. The van der Waals surface area contributed by atoms with Gasteiger partial charge in [-0.25, -0.2) is 0 Å². The molecule has 1 aromatic rings. The third kappa shape index (κ3) is 4.94. The van der Waals surface area contributed by atoms with Gasteiger partial charge in [0, 0.05) is 6.54 Å². The first-order valence-electron chi connectivity index (χ1n) is 7.14. The highest BCUT2D eigenvalue weighted by atomic mass is 16.3. The van der Waals surface area contributed by atoms with E-state index in [-0.39, 0.29) is 18.5 Å². The fourth-order valence-corrected chi connectivity index (χ4v) is 2.21. The summed E-state index contributed by atoms with van der Waals surface area (Å²) in [4.78, 5) is 14.0. The second-order valence-corrected chi connectivity index (χ2v) is 5.44. The Morgan fingerprint density at radius 2 is 2.10 bits per heavy atom. The lowest BCUT2D eigenvalue weighted by atomic mass is 10.1. The van der Waals surface area contributed by atoms with Crippen LogP contribution in [0.2, 0.25) is 0 Å². The molecule has 2 atom stereocenters. The Balaban J connectivity index is 2.55. The van der Waals surface area contributed by atoms with Crippen LogP contribution in [0.5, 0.6) is 0 Å². The van der Waals surface area contributed by atoms with Crippen LogP contribution in [-0.2, 0) is 4.79 Å². The summed E-state index contributed by atoms with van der Waals surface area (Å²) in [6.07, 6.45) is 1.11. The first-order valence-corrected chi connectivity index (χ1v) is 7.14. The fourth-order valence-electron chi connectivity index (χ4n) is 2.21. The summed E-state index contributed by atoms with van der Waals surface area (Å²) in [6, 6.07) is 7.57. The van der Waals surface area contributed by atoms with Gasteiger partial charge in [0.2, 0.25) is 5.91 Å². The van der Waals surface area contributed by atoms with Crippen LogP contribution in [-0.4, -0.2) is 42.6 Å². The molecule has 0 aliphatic rings. The highest BCUT2D eigenvalue weighted by Crippen LogP contribution is 2.13. The molecular weight excluding hydrogens is 252 g/mol. The summed E-state index contributed by atoms with van der Waals surface area (Å²) in [5.41, 5.74) is 1.94. The number of aliphatic hydroxyl groups excluding tert-OH is 1. The lowest BCUT2D eigenvalue weighted by Crippen LogP contribution is -2.44. The highest BCUT2D eigenvalue weighted by Gasteiger charge is 2.20. The summed E-state index contributed by atoms with van der Waals surface area (Å²) in [5, 5.41) is 13.0. The highest BCUT2D eigenvalue weighted by molar-refractivity contribution is 5.81. The van der Waals surface area contributed by atoms with E-state index in [0.29, 0.717) is 0 Å². The number of hydrogen-bond acceptors (Lipinski definition) is 3. The van der Waals surface area contributed by atoms with Crippen molar-refractivity contribution in [2.75, 3.05) is 20.6 Å². The number of aliphatic hydroxyl groups is 1. The summed E-state index contributed by atoms with van der Waals surface area (Å²) in [5.74, 6) is -0.0245. The van der Waals surface area contributed by atoms with Crippen LogP contribution in [0.1, 0.15) is 37.0 Å². The predicted molar refractivity (Wildman–Crippen MR) is 81.5 cm³/mol. The Bertz CT molecular complexity index is 432. The van der Waals surface area contributed by atoms with Gasteiger partial charge in [0.1, 0.15) is 0 Å². The molecule has 0 saturated heterocycles. The van der Waals surface area contributed by atoms with E-state index in [0.717, 1.165) is 24.0 Å². The number of nitrogens with zero attached hydrogens (tertiary/aromatic N) is 1. The summed E-state index contributed by atoms with van der Waals surface area (Å²) in [7, 11) is 3.80. The molecule has 0 saturated carbocycles. The molecule has 0 radical (unpaired) electrons. The first kappa shape index (κ1) is 16.7. The van der Waals surface area contributed by atoms with Crippen LogP contribution in [0.15, 0.2) is 24.3 Å². The van der Waals surface area contributed by atoms with Gasteiger partial charge in [-0.15, -0.1) is 0 Å². The molecule has 0 fully saturated rings. The van der Waals surface area contributed by atoms with Crippen LogP contribution >= 0.6 is 0 Å². The molecular formula is C16H26N2O2. The minimum atomic E-state index is -0.664. The summed E-state index contributed by atoms with van der Waals surface area (Å²) < 4.78 is 0. The van der Waals surface area contributed by atoms with Gasteiger partial charge in [-0.1, -0.05) is 43.2 Å². The number of amides is 1. The van der Waals surface area contributed by atoms with Crippen molar-refractivity contribution in [1.29, 1.82) is 0 Å². The van der Waals surface area contributed by atoms with Gasteiger partial charge in [-0.2, -0.15) is 0 Å². The Morgan fingerprint density at radius 1 is 1.40 bits per heavy atom. The number of carbonyl (C=O) groups excluding carboxylic acids is 1. The number of likely N-dealkylation sites (N-methyl/N-ethyl adjacent to an activating group) is 1. The van der Waals surface area contributed by atoms with Crippen molar-refractivity contribution in [1.82, 2.24) is 10.2 Å². The Labute approximate surface area is 121 Å². The second-order valence-electron chi connectivity index (χ2n) is 5.44. The molecule has 20 heavy (non-hydrogen) atoms. The molecule has 2 unspecified atom stereocenters. The monoisotopic (exact) mass is 278 g/mol. The molecule has 4 heteroatoms. The normalized spacial score (nSPS) is 14.1.